The van der Waals surface area contributed by atoms with Gasteiger partial charge in [-0.1, -0.05) is 58.4 Å². The lowest BCUT2D eigenvalue weighted by molar-refractivity contribution is 0.0857. The Morgan fingerprint density at radius 2 is 1.80 bits per heavy atom. The third kappa shape index (κ3) is 9.30. The number of anilines is 1. The van der Waals surface area contributed by atoms with Gasteiger partial charge in [-0.2, -0.15) is 0 Å². The molecule has 49 heavy (non-hydrogen) atoms. The van der Waals surface area contributed by atoms with Gasteiger partial charge in [0.15, 0.2) is 5.96 Å². The standard InChI is InChI=1S/C39H54ClF2N5O2/c1-8-26-21-30(49-19-18-45-37(9-2)46-38(43)44)23-33(42)31(26)15-17-34-25(4)24(3)20-36(47(34)29-13-11-28(41)12-14-29)39(5,6)27-10-16-32(40)35(22-27)48-7/h10-14,20-21,24,30,32,35H,8-9,15-19,22-23H2,1-7H3,(H4,43,44,45,46). The molecule has 0 spiro atoms. The van der Waals surface area contributed by atoms with Crippen LogP contribution in [0.3, 0.4) is 0 Å². The van der Waals surface area contributed by atoms with Crippen molar-refractivity contribution >= 4 is 29.1 Å². The molecule has 1 heterocycles. The number of rotatable bonds is 13. The van der Waals surface area contributed by atoms with Crippen molar-refractivity contribution in [3.05, 3.63) is 87.8 Å². The van der Waals surface area contributed by atoms with Crippen LogP contribution >= 0.6 is 11.6 Å². The van der Waals surface area contributed by atoms with Crippen molar-refractivity contribution in [2.24, 2.45) is 32.8 Å². The van der Waals surface area contributed by atoms with Gasteiger partial charge in [0, 0.05) is 42.4 Å². The van der Waals surface area contributed by atoms with Crippen LogP contribution in [0.15, 0.2) is 92.0 Å². The lowest BCUT2D eigenvalue weighted by atomic mass is 9.72. The average molecular weight is 698 g/mol. The Labute approximate surface area is 296 Å². The Kier molecular flexibility index (Phi) is 13.4. The first-order valence-electron chi connectivity index (χ1n) is 17.5. The number of benzene rings is 1. The van der Waals surface area contributed by atoms with E-state index >= 15 is 4.39 Å². The van der Waals surface area contributed by atoms with E-state index in [1.54, 1.807) is 7.11 Å². The molecule has 4 unspecified atom stereocenters. The molecule has 3 aliphatic rings. The SMILES string of the molecule is CCC1=CC(OCCN=C(CC)N=C(N)N)CC(F)=C1CCC1=C(C)C(C)C=C(C(C)(C)C2=CCC(Cl)C(OC)C2)N1c1ccc(F)cc1. The fourth-order valence-corrected chi connectivity index (χ4v) is 7.31. The monoisotopic (exact) mass is 697 g/mol. The molecular weight excluding hydrogens is 644 g/mol. The maximum Gasteiger partial charge on any atom is 0.192 e. The molecular formula is C39H54ClF2N5O2. The first-order chi connectivity index (χ1) is 23.3. The largest absolute Gasteiger partial charge is 0.380 e. The van der Waals surface area contributed by atoms with E-state index in [1.807, 2.05) is 26.0 Å². The molecule has 10 heteroatoms. The van der Waals surface area contributed by atoms with E-state index in [-0.39, 0.29) is 52.9 Å². The van der Waals surface area contributed by atoms with Gasteiger partial charge in [0.05, 0.1) is 30.7 Å². The minimum atomic E-state index is -0.373. The van der Waals surface area contributed by atoms with E-state index in [4.69, 9.17) is 32.5 Å². The lowest BCUT2D eigenvalue weighted by Gasteiger charge is -2.46. The van der Waals surface area contributed by atoms with Crippen molar-refractivity contribution in [3.63, 3.8) is 0 Å². The van der Waals surface area contributed by atoms with Gasteiger partial charge < -0.3 is 25.8 Å². The molecule has 0 radical (unpaired) electrons. The van der Waals surface area contributed by atoms with Crippen molar-refractivity contribution in [1.29, 1.82) is 0 Å². The number of aliphatic imine (C=N–C) groups is 2. The number of nitrogens with zero attached hydrogens (tertiary/aromatic N) is 3. The van der Waals surface area contributed by atoms with E-state index in [2.05, 4.69) is 60.8 Å². The number of hydrogen-bond acceptors (Lipinski definition) is 4. The summed E-state index contributed by atoms with van der Waals surface area (Å²) >= 11 is 6.61. The molecule has 0 saturated carbocycles. The van der Waals surface area contributed by atoms with Crippen molar-refractivity contribution in [1.82, 2.24) is 0 Å². The summed E-state index contributed by atoms with van der Waals surface area (Å²) in [6, 6.07) is 6.66. The van der Waals surface area contributed by atoms with Crippen LogP contribution in [0.2, 0.25) is 0 Å². The van der Waals surface area contributed by atoms with Gasteiger partial charge >= 0.3 is 0 Å². The highest BCUT2D eigenvalue weighted by molar-refractivity contribution is 6.21. The van der Waals surface area contributed by atoms with Crippen LogP contribution < -0.4 is 16.4 Å². The molecule has 2 aliphatic carbocycles. The van der Waals surface area contributed by atoms with Gasteiger partial charge in [-0.3, -0.25) is 4.99 Å². The van der Waals surface area contributed by atoms with Gasteiger partial charge in [-0.05, 0) is 85.9 Å². The highest BCUT2D eigenvalue weighted by atomic mass is 35.5. The number of ether oxygens (including phenoxy) is 2. The van der Waals surface area contributed by atoms with Crippen LogP contribution in [0, 0.1) is 17.2 Å². The maximum atomic E-state index is 15.9. The summed E-state index contributed by atoms with van der Waals surface area (Å²) in [6.45, 7) is 13.5. The van der Waals surface area contributed by atoms with Crippen LogP contribution in [-0.4, -0.2) is 49.6 Å². The summed E-state index contributed by atoms with van der Waals surface area (Å²) in [5, 5.41) is -0.0717. The summed E-state index contributed by atoms with van der Waals surface area (Å²) in [7, 11) is 1.72. The molecule has 7 nitrogen and oxygen atoms in total. The van der Waals surface area contributed by atoms with Gasteiger partial charge in [-0.25, -0.2) is 13.8 Å². The second-order valence-electron chi connectivity index (χ2n) is 13.6. The summed E-state index contributed by atoms with van der Waals surface area (Å²) < 4.78 is 42.0. The number of nitrogens with two attached hydrogens (primary N) is 2. The zero-order chi connectivity index (χ0) is 35.9. The predicted octanol–water partition coefficient (Wildman–Crippen LogP) is 9.02. The Bertz CT molecular complexity index is 1550. The average Bonchev–Trinajstić information content (AvgIpc) is 3.07. The van der Waals surface area contributed by atoms with Crippen molar-refractivity contribution in [2.75, 3.05) is 25.2 Å². The Hall–Kier alpha value is -3.27. The second-order valence-corrected chi connectivity index (χ2v) is 14.2. The number of hydrogen-bond donors (Lipinski definition) is 2. The molecule has 1 aromatic carbocycles. The molecule has 0 fully saturated rings. The highest BCUT2D eigenvalue weighted by Crippen LogP contribution is 2.49. The summed E-state index contributed by atoms with van der Waals surface area (Å²) in [5.41, 5.74) is 17.9. The molecule has 0 amide bonds. The quantitative estimate of drug-likeness (QED) is 0.0705. The van der Waals surface area contributed by atoms with Crippen LogP contribution in [-0.2, 0) is 9.47 Å². The predicted molar refractivity (Wildman–Crippen MR) is 199 cm³/mol. The van der Waals surface area contributed by atoms with Crippen LogP contribution in [0.4, 0.5) is 14.5 Å². The number of amidine groups is 1. The Balaban J connectivity index is 1.59. The topological polar surface area (TPSA) is 98.5 Å². The normalized spacial score (nSPS) is 23.8. The van der Waals surface area contributed by atoms with Gasteiger partial charge in [0.25, 0.3) is 0 Å². The number of halogens is 3. The minimum absolute atomic E-state index is 0.0266. The van der Waals surface area contributed by atoms with Gasteiger partial charge in [0.2, 0.25) is 0 Å². The third-order valence-corrected chi connectivity index (χ3v) is 10.5. The van der Waals surface area contributed by atoms with Crippen LogP contribution in [0.5, 0.6) is 0 Å². The lowest BCUT2D eigenvalue weighted by Crippen LogP contribution is -2.39. The van der Waals surface area contributed by atoms with Gasteiger partial charge in [0.1, 0.15) is 17.5 Å². The molecule has 1 aromatic rings. The first-order valence-corrected chi connectivity index (χ1v) is 17.9. The zero-order valence-corrected chi connectivity index (χ0v) is 30.9. The summed E-state index contributed by atoms with van der Waals surface area (Å²) in [4.78, 5) is 10.7. The minimum Gasteiger partial charge on any atom is -0.380 e. The highest BCUT2D eigenvalue weighted by Gasteiger charge is 2.40. The van der Waals surface area contributed by atoms with E-state index in [0.29, 0.717) is 44.7 Å². The fraction of sp³-hybridized carbons (Fsp3) is 0.538. The smallest absolute Gasteiger partial charge is 0.192 e. The van der Waals surface area contributed by atoms with Crippen molar-refractivity contribution in [3.8, 4) is 0 Å². The summed E-state index contributed by atoms with van der Waals surface area (Å²) in [5.74, 6) is 0.268. The molecule has 268 valence electrons. The molecule has 4 atom stereocenters. The number of guanidine groups is 1. The van der Waals surface area contributed by atoms with Crippen LogP contribution in [0.1, 0.15) is 86.5 Å². The number of alkyl halides is 1. The van der Waals surface area contributed by atoms with E-state index < -0.39 is 0 Å². The van der Waals surface area contributed by atoms with Crippen LogP contribution in [0.25, 0.3) is 0 Å². The first kappa shape index (κ1) is 38.5. The maximum absolute atomic E-state index is 15.9. The van der Waals surface area contributed by atoms with Gasteiger partial charge in [-0.15, -0.1) is 11.6 Å². The van der Waals surface area contributed by atoms with E-state index in [0.717, 1.165) is 41.1 Å². The molecule has 0 saturated heterocycles. The van der Waals surface area contributed by atoms with Crippen molar-refractivity contribution in [2.45, 2.75) is 104 Å². The molecule has 1 aliphatic heterocycles. The fourth-order valence-electron chi connectivity index (χ4n) is 7.03. The second kappa shape index (κ2) is 17.1. The number of allylic oxidation sites excluding steroid dienone is 7. The molecule has 4 rings (SSSR count). The van der Waals surface area contributed by atoms with E-state index in [1.165, 1.54) is 23.3 Å². The molecule has 0 bridgehead atoms. The zero-order valence-electron chi connectivity index (χ0n) is 30.2. The summed E-state index contributed by atoms with van der Waals surface area (Å²) in [6.07, 6.45) is 10.3. The molecule has 4 N–H and O–H groups in total. The Morgan fingerprint density at radius 3 is 2.43 bits per heavy atom. The Morgan fingerprint density at radius 1 is 1.08 bits per heavy atom. The molecule has 0 aromatic heterocycles. The van der Waals surface area contributed by atoms with Crippen molar-refractivity contribution < 1.29 is 18.3 Å². The van der Waals surface area contributed by atoms with E-state index in [9.17, 15) is 4.39 Å². The third-order valence-electron chi connectivity index (χ3n) is 10.1. The number of methoxy groups -OCH3 is 1.